The van der Waals surface area contributed by atoms with Gasteiger partial charge in [-0.1, -0.05) is 13.8 Å². The number of nitrogens with one attached hydrogen (secondary N) is 1. The molecule has 2 heterocycles. The molecule has 3 N–H and O–H groups in total. The third-order valence-electron chi connectivity index (χ3n) is 4.06. The highest BCUT2D eigenvalue weighted by Crippen LogP contribution is 2.22. The molecule has 0 spiro atoms. The summed E-state index contributed by atoms with van der Waals surface area (Å²) in [7, 11) is -1.85. The van der Waals surface area contributed by atoms with E-state index < -0.39 is 10.0 Å². The second-order valence-electron chi connectivity index (χ2n) is 6.80. The fourth-order valence-corrected chi connectivity index (χ4v) is 5.14. The summed E-state index contributed by atoms with van der Waals surface area (Å²) in [6, 6.07) is 1.42. The number of halogens is 1. The van der Waals surface area contributed by atoms with Crippen LogP contribution in [0.25, 0.3) is 0 Å². The number of carbonyl (C=O) groups excluding carboxylic acids is 1. The van der Waals surface area contributed by atoms with E-state index in [-0.39, 0.29) is 34.3 Å². The molecule has 2 rings (SSSR count). The van der Waals surface area contributed by atoms with Crippen molar-refractivity contribution in [2.45, 2.75) is 18.7 Å². The van der Waals surface area contributed by atoms with Gasteiger partial charge >= 0.3 is 0 Å². The standard InChI is InChI=1S/C15H26N4O3S2.ClH/c1-15(2,10-16)11-18(3)14(20)13-8-12(9-17-13)24(21,22)19-4-6-23-7-5-19;/h8-9,17H,4-7,10-11,16H2,1-3H3;1H. The van der Waals surface area contributed by atoms with Crippen LogP contribution in [0.3, 0.4) is 0 Å². The van der Waals surface area contributed by atoms with Crippen LogP contribution in [0.5, 0.6) is 0 Å². The van der Waals surface area contributed by atoms with Crippen LogP contribution >= 0.6 is 24.2 Å². The van der Waals surface area contributed by atoms with Gasteiger partial charge in [-0.25, -0.2) is 8.42 Å². The quantitative estimate of drug-likeness (QED) is 0.734. The van der Waals surface area contributed by atoms with Crippen LogP contribution in [0.1, 0.15) is 24.3 Å². The van der Waals surface area contributed by atoms with Gasteiger partial charge in [-0.15, -0.1) is 12.4 Å². The van der Waals surface area contributed by atoms with Gasteiger partial charge in [0.05, 0.1) is 0 Å². The fourth-order valence-electron chi connectivity index (χ4n) is 2.57. The Morgan fingerprint density at radius 3 is 2.56 bits per heavy atom. The highest BCUT2D eigenvalue weighted by Gasteiger charge is 2.29. The van der Waals surface area contributed by atoms with Crippen LogP contribution in [0, 0.1) is 5.41 Å². The molecule has 25 heavy (non-hydrogen) atoms. The van der Waals surface area contributed by atoms with Crippen molar-refractivity contribution in [1.82, 2.24) is 14.2 Å². The molecule has 1 aliphatic heterocycles. The van der Waals surface area contributed by atoms with Gasteiger partial charge in [0.25, 0.3) is 5.91 Å². The molecule has 1 aromatic heterocycles. The molecule has 0 aromatic carbocycles. The first-order valence-corrected chi connectivity index (χ1v) is 10.5. The van der Waals surface area contributed by atoms with Gasteiger partial charge in [0.15, 0.2) is 0 Å². The van der Waals surface area contributed by atoms with E-state index in [0.717, 1.165) is 11.5 Å². The van der Waals surface area contributed by atoms with Crippen LogP contribution in [-0.4, -0.2) is 73.2 Å². The maximum Gasteiger partial charge on any atom is 0.270 e. The van der Waals surface area contributed by atoms with Crippen LogP contribution < -0.4 is 5.73 Å². The van der Waals surface area contributed by atoms with Crippen molar-refractivity contribution in [1.29, 1.82) is 0 Å². The number of thioether (sulfide) groups is 1. The lowest BCUT2D eigenvalue weighted by Crippen LogP contribution is -2.40. The minimum absolute atomic E-state index is 0. The number of nitrogens with zero attached hydrogens (tertiary/aromatic N) is 2. The molecule has 1 saturated heterocycles. The molecule has 7 nitrogen and oxygen atoms in total. The number of sulfonamides is 1. The van der Waals surface area contributed by atoms with Crippen LogP contribution in [0.15, 0.2) is 17.2 Å². The molecular formula is C15H27ClN4O3S2. The zero-order chi connectivity index (χ0) is 18.0. The zero-order valence-corrected chi connectivity index (χ0v) is 17.3. The lowest BCUT2D eigenvalue weighted by Gasteiger charge is -2.28. The third kappa shape index (κ3) is 5.37. The number of hydrogen-bond donors (Lipinski definition) is 2. The third-order valence-corrected chi connectivity index (χ3v) is 6.88. The summed E-state index contributed by atoms with van der Waals surface area (Å²) >= 11 is 1.75. The predicted molar refractivity (Wildman–Crippen MR) is 104 cm³/mol. The van der Waals surface area contributed by atoms with E-state index in [1.807, 2.05) is 13.8 Å². The molecule has 1 aromatic rings. The summed E-state index contributed by atoms with van der Waals surface area (Å²) in [6.45, 7) is 5.93. The molecule has 0 atom stereocenters. The molecule has 10 heteroatoms. The summed E-state index contributed by atoms with van der Waals surface area (Å²) in [5, 5.41) is 0. The molecule has 0 unspecified atom stereocenters. The predicted octanol–water partition coefficient (Wildman–Crippen LogP) is 1.23. The van der Waals surface area contributed by atoms with Gasteiger partial charge in [0.2, 0.25) is 10.0 Å². The number of nitrogens with two attached hydrogens (primary N) is 1. The Bertz CT molecular complexity index is 685. The molecule has 0 aliphatic carbocycles. The summed E-state index contributed by atoms with van der Waals surface area (Å²) in [5.74, 6) is 1.35. The summed E-state index contributed by atoms with van der Waals surface area (Å²) < 4.78 is 26.7. The van der Waals surface area contributed by atoms with Crippen molar-refractivity contribution in [2.24, 2.45) is 11.1 Å². The van der Waals surface area contributed by atoms with Gasteiger partial charge in [0, 0.05) is 44.4 Å². The van der Waals surface area contributed by atoms with Crippen molar-refractivity contribution in [2.75, 3.05) is 44.7 Å². The smallest absolute Gasteiger partial charge is 0.270 e. The number of carbonyl (C=O) groups is 1. The first-order valence-electron chi connectivity index (χ1n) is 7.89. The maximum absolute atomic E-state index is 12.6. The number of hydrogen-bond acceptors (Lipinski definition) is 5. The van der Waals surface area contributed by atoms with E-state index in [1.54, 1.807) is 23.7 Å². The Morgan fingerprint density at radius 2 is 2.00 bits per heavy atom. The molecule has 1 aliphatic rings. The van der Waals surface area contributed by atoms with Crippen molar-refractivity contribution in [3.63, 3.8) is 0 Å². The zero-order valence-electron chi connectivity index (χ0n) is 14.8. The molecule has 144 valence electrons. The van der Waals surface area contributed by atoms with Crippen LogP contribution in [-0.2, 0) is 10.0 Å². The van der Waals surface area contributed by atoms with Gasteiger partial charge < -0.3 is 15.6 Å². The Morgan fingerprint density at radius 1 is 1.40 bits per heavy atom. The van der Waals surface area contributed by atoms with Crippen molar-refractivity contribution in [3.8, 4) is 0 Å². The van der Waals surface area contributed by atoms with E-state index in [1.165, 1.54) is 16.6 Å². The summed E-state index contributed by atoms with van der Waals surface area (Å²) in [4.78, 5) is 17.0. The first kappa shape index (κ1) is 22.3. The minimum atomic E-state index is -3.54. The maximum atomic E-state index is 12.6. The van der Waals surface area contributed by atoms with Gasteiger partial charge in [-0.2, -0.15) is 16.1 Å². The molecular weight excluding hydrogens is 384 g/mol. The molecule has 0 bridgehead atoms. The number of aromatic nitrogens is 1. The average molecular weight is 411 g/mol. The molecule has 1 amide bonds. The van der Waals surface area contributed by atoms with E-state index in [0.29, 0.717) is 26.2 Å². The van der Waals surface area contributed by atoms with E-state index >= 15 is 0 Å². The highest BCUT2D eigenvalue weighted by atomic mass is 35.5. The van der Waals surface area contributed by atoms with Gasteiger partial charge in [-0.05, 0) is 18.0 Å². The normalized spacial score (nSPS) is 16.3. The van der Waals surface area contributed by atoms with Crippen molar-refractivity contribution in [3.05, 3.63) is 18.0 Å². The van der Waals surface area contributed by atoms with E-state index in [9.17, 15) is 13.2 Å². The summed E-state index contributed by atoms with van der Waals surface area (Å²) in [6.07, 6.45) is 1.40. The fraction of sp³-hybridized carbons (Fsp3) is 0.667. The van der Waals surface area contributed by atoms with E-state index in [2.05, 4.69) is 4.98 Å². The Hall–Kier alpha value is -0.740. The largest absolute Gasteiger partial charge is 0.356 e. The number of rotatable bonds is 6. The van der Waals surface area contributed by atoms with Gasteiger partial charge in [0.1, 0.15) is 10.6 Å². The Balaban J connectivity index is 0.00000312. The monoisotopic (exact) mass is 410 g/mol. The SMILES string of the molecule is CN(CC(C)(C)CN)C(=O)c1cc(S(=O)(=O)N2CCSCC2)c[nH]1.Cl. The second-order valence-corrected chi connectivity index (χ2v) is 9.96. The topological polar surface area (TPSA) is 99.5 Å². The number of aromatic amines is 1. The Labute approximate surface area is 160 Å². The number of amides is 1. The summed E-state index contributed by atoms with van der Waals surface area (Å²) in [5.41, 5.74) is 5.78. The molecule has 0 radical (unpaired) electrons. The minimum Gasteiger partial charge on any atom is -0.356 e. The highest BCUT2D eigenvalue weighted by molar-refractivity contribution is 7.99. The molecule has 1 fully saturated rings. The van der Waals surface area contributed by atoms with Crippen LogP contribution in [0.2, 0.25) is 0 Å². The van der Waals surface area contributed by atoms with E-state index in [4.69, 9.17) is 5.73 Å². The average Bonchev–Trinajstić information content (AvgIpc) is 3.05. The lowest BCUT2D eigenvalue weighted by molar-refractivity contribution is 0.0735. The number of H-pyrrole nitrogens is 1. The second kappa shape index (κ2) is 8.77. The Kier molecular flexibility index (Phi) is 7.82. The van der Waals surface area contributed by atoms with Crippen LogP contribution in [0.4, 0.5) is 0 Å². The first-order chi connectivity index (χ1) is 11.2. The lowest BCUT2D eigenvalue weighted by atomic mass is 9.93. The molecule has 0 saturated carbocycles. The van der Waals surface area contributed by atoms with Gasteiger partial charge in [-0.3, -0.25) is 4.79 Å². The van der Waals surface area contributed by atoms with Crippen molar-refractivity contribution >= 4 is 40.1 Å². The van der Waals surface area contributed by atoms with Crippen molar-refractivity contribution < 1.29 is 13.2 Å².